The van der Waals surface area contributed by atoms with Crippen molar-refractivity contribution in [1.29, 1.82) is 0 Å². The second-order valence-electron chi connectivity index (χ2n) is 6.11. The van der Waals surface area contributed by atoms with Gasteiger partial charge in [0.2, 0.25) is 5.91 Å². The van der Waals surface area contributed by atoms with Crippen molar-refractivity contribution in [2.75, 3.05) is 5.32 Å². The van der Waals surface area contributed by atoms with E-state index in [0.717, 1.165) is 16.0 Å². The molecule has 0 bridgehead atoms. The Balaban J connectivity index is 1.71. The SMILES string of the molecule is Cc1ccc(S(=O)c2ccccc2NC(=O)CCc2ccccc2)cc1. The van der Waals surface area contributed by atoms with E-state index in [4.69, 9.17) is 0 Å². The van der Waals surface area contributed by atoms with Crippen LogP contribution in [0.15, 0.2) is 88.7 Å². The maximum atomic E-state index is 12.9. The lowest BCUT2D eigenvalue weighted by atomic mass is 10.1. The van der Waals surface area contributed by atoms with Gasteiger partial charge in [0.25, 0.3) is 0 Å². The first-order valence-corrected chi connectivity index (χ1v) is 9.70. The lowest BCUT2D eigenvalue weighted by Crippen LogP contribution is -2.14. The van der Waals surface area contributed by atoms with Gasteiger partial charge in [0, 0.05) is 11.3 Å². The molecule has 1 atom stereocenters. The number of hydrogen-bond acceptors (Lipinski definition) is 2. The van der Waals surface area contributed by atoms with Crippen LogP contribution in [0.25, 0.3) is 0 Å². The molecule has 0 saturated heterocycles. The largest absolute Gasteiger partial charge is 0.325 e. The van der Waals surface area contributed by atoms with Gasteiger partial charge in [0.05, 0.1) is 21.4 Å². The van der Waals surface area contributed by atoms with E-state index in [-0.39, 0.29) is 5.91 Å². The summed E-state index contributed by atoms with van der Waals surface area (Å²) < 4.78 is 12.9. The number of hydrogen-bond donors (Lipinski definition) is 1. The number of carbonyl (C=O) groups is 1. The lowest BCUT2D eigenvalue weighted by molar-refractivity contribution is -0.116. The highest BCUT2D eigenvalue weighted by Crippen LogP contribution is 2.24. The van der Waals surface area contributed by atoms with Crippen LogP contribution in [0.5, 0.6) is 0 Å². The highest BCUT2D eigenvalue weighted by Gasteiger charge is 2.13. The lowest BCUT2D eigenvalue weighted by Gasteiger charge is -2.11. The van der Waals surface area contributed by atoms with Crippen molar-refractivity contribution < 1.29 is 9.00 Å². The molecule has 0 radical (unpaired) electrons. The predicted molar refractivity (Wildman–Crippen MR) is 106 cm³/mol. The van der Waals surface area contributed by atoms with Crippen LogP contribution in [0.2, 0.25) is 0 Å². The van der Waals surface area contributed by atoms with Crippen LogP contribution in [0.3, 0.4) is 0 Å². The minimum absolute atomic E-state index is 0.0813. The molecular formula is C22H21NO2S. The number of para-hydroxylation sites is 1. The van der Waals surface area contributed by atoms with Crippen molar-refractivity contribution in [1.82, 2.24) is 0 Å². The fraction of sp³-hybridized carbons (Fsp3) is 0.136. The minimum Gasteiger partial charge on any atom is -0.325 e. The summed E-state index contributed by atoms with van der Waals surface area (Å²) in [6, 6.07) is 24.8. The van der Waals surface area contributed by atoms with Gasteiger partial charge in [-0.25, -0.2) is 4.21 Å². The molecule has 3 aromatic rings. The molecule has 0 saturated carbocycles. The highest BCUT2D eigenvalue weighted by molar-refractivity contribution is 7.85. The zero-order chi connectivity index (χ0) is 18.4. The summed E-state index contributed by atoms with van der Waals surface area (Å²) in [6.45, 7) is 1.99. The molecule has 1 unspecified atom stereocenters. The van der Waals surface area contributed by atoms with E-state index >= 15 is 0 Å². The number of carbonyl (C=O) groups excluding carboxylic acids is 1. The van der Waals surface area contributed by atoms with Gasteiger partial charge in [-0.1, -0.05) is 60.2 Å². The van der Waals surface area contributed by atoms with Crippen LogP contribution in [0.1, 0.15) is 17.5 Å². The van der Waals surface area contributed by atoms with E-state index < -0.39 is 10.8 Å². The fourth-order valence-electron chi connectivity index (χ4n) is 2.64. The van der Waals surface area contributed by atoms with Crippen molar-refractivity contribution in [3.63, 3.8) is 0 Å². The molecule has 26 heavy (non-hydrogen) atoms. The van der Waals surface area contributed by atoms with E-state index in [9.17, 15) is 9.00 Å². The highest BCUT2D eigenvalue weighted by atomic mass is 32.2. The van der Waals surface area contributed by atoms with E-state index in [1.165, 1.54) is 0 Å². The molecule has 3 nitrogen and oxygen atoms in total. The maximum Gasteiger partial charge on any atom is 0.224 e. The van der Waals surface area contributed by atoms with Crippen molar-refractivity contribution in [3.8, 4) is 0 Å². The van der Waals surface area contributed by atoms with Gasteiger partial charge >= 0.3 is 0 Å². The van der Waals surface area contributed by atoms with E-state index in [2.05, 4.69) is 5.32 Å². The molecule has 4 heteroatoms. The molecule has 0 heterocycles. The number of amides is 1. The number of nitrogens with one attached hydrogen (secondary N) is 1. The fourth-order valence-corrected chi connectivity index (χ4v) is 3.79. The summed E-state index contributed by atoms with van der Waals surface area (Å²) in [6.07, 6.45) is 1.06. The quantitative estimate of drug-likeness (QED) is 0.688. The molecular weight excluding hydrogens is 342 g/mol. The average molecular weight is 363 g/mol. The zero-order valence-corrected chi connectivity index (χ0v) is 15.5. The topological polar surface area (TPSA) is 46.2 Å². The zero-order valence-electron chi connectivity index (χ0n) is 14.6. The molecule has 0 aliphatic rings. The Labute approximate surface area is 156 Å². The molecule has 0 fully saturated rings. The van der Waals surface area contributed by atoms with Gasteiger partial charge in [0.15, 0.2) is 0 Å². The first-order valence-electron chi connectivity index (χ1n) is 8.55. The van der Waals surface area contributed by atoms with Gasteiger partial charge < -0.3 is 5.32 Å². The summed E-state index contributed by atoms with van der Waals surface area (Å²) in [7, 11) is -1.34. The summed E-state index contributed by atoms with van der Waals surface area (Å²) >= 11 is 0. The molecule has 0 aliphatic heterocycles. The first-order chi connectivity index (χ1) is 12.6. The van der Waals surface area contributed by atoms with Crippen LogP contribution < -0.4 is 5.32 Å². The Morgan fingerprint density at radius 3 is 2.27 bits per heavy atom. The van der Waals surface area contributed by atoms with Gasteiger partial charge in [-0.2, -0.15) is 0 Å². The Morgan fingerprint density at radius 1 is 0.885 bits per heavy atom. The number of anilines is 1. The number of rotatable bonds is 6. The Morgan fingerprint density at radius 2 is 1.54 bits per heavy atom. The normalized spacial score (nSPS) is 11.7. The average Bonchev–Trinajstić information content (AvgIpc) is 2.68. The third kappa shape index (κ3) is 4.67. The van der Waals surface area contributed by atoms with Crippen LogP contribution >= 0.6 is 0 Å². The summed E-state index contributed by atoms with van der Waals surface area (Å²) in [5, 5.41) is 2.91. The molecule has 0 spiro atoms. The number of aryl methyl sites for hydroxylation is 2. The molecule has 1 amide bonds. The summed E-state index contributed by atoms with van der Waals surface area (Å²) in [5.41, 5.74) is 2.84. The van der Waals surface area contributed by atoms with Gasteiger partial charge in [0.1, 0.15) is 0 Å². The molecule has 3 aromatic carbocycles. The monoisotopic (exact) mass is 363 g/mol. The molecule has 3 rings (SSSR count). The number of benzene rings is 3. The van der Waals surface area contributed by atoms with Crippen molar-refractivity contribution in [2.24, 2.45) is 0 Å². The smallest absolute Gasteiger partial charge is 0.224 e. The molecule has 132 valence electrons. The van der Waals surface area contributed by atoms with Crippen molar-refractivity contribution in [2.45, 2.75) is 29.6 Å². The van der Waals surface area contributed by atoms with Gasteiger partial charge in [-0.05, 0) is 43.2 Å². The Kier molecular flexibility index (Phi) is 5.97. The third-order valence-electron chi connectivity index (χ3n) is 4.08. The van der Waals surface area contributed by atoms with E-state index in [1.54, 1.807) is 12.1 Å². The van der Waals surface area contributed by atoms with Crippen molar-refractivity contribution >= 4 is 22.4 Å². The first kappa shape index (κ1) is 18.1. The minimum atomic E-state index is -1.34. The van der Waals surface area contributed by atoms with Gasteiger partial charge in [-0.3, -0.25) is 4.79 Å². The Hall–Kier alpha value is -2.72. The second-order valence-corrected chi connectivity index (χ2v) is 7.56. The Bertz CT molecular complexity index is 905. The summed E-state index contributed by atoms with van der Waals surface area (Å²) in [5.74, 6) is -0.0813. The third-order valence-corrected chi connectivity index (χ3v) is 5.54. The van der Waals surface area contributed by atoms with Crippen LogP contribution in [-0.4, -0.2) is 10.1 Å². The van der Waals surface area contributed by atoms with Crippen LogP contribution in [0, 0.1) is 6.92 Å². The van der Waals surface area contributed by atoms with E-state index in [1.807, 2.05) is 73.7 Å². The van der Waals surface area contributed by atoms with Crippen LogP contribution in [0.4, 0.5) is 5.69 Å². The predicted octanol–water partition coefficient (Wildman–Crippen LogP) is 4.73. The molecule has 1 N–H and O–H groups in total. The maximum absolute atomic E-state index is 12.9. The second kappa shape index (κ2) is 8.59. The van der Waals surface area contributed by atoms with E-state index in [0.29, 0.717) is 23.4 Å². The van der Waals surface area contributed by atoms with Gasteiger partial charge in [-0.15, -0.1) is 0 Å². The standard InChI is InChI=1S/C22H21NO2S/c1-17-11-14-19(15-12-17)26(25)21-10-6-5-9-20(21)23-22(24)16-13-18-7-3-2-4-8-18/h2-12,14-15H,13,16H2,1H3,(H,23,24). The van der Waals surface area contributed by atoms with Crippen LogP contribution in [-0.2, 0) is 22.0 Å². The molecule has 0 aromatic heterocycles. The summed E-state index contributed by atoms with van der Waals surface area (Å²) in [4.78, 5) is 13.7. The molecule has 0 aliphatic carbocycles. The van der Waals surface area contributed by atoms with Crippen molar-refractivity contribution in [3.05, 3.63) is 90.0 Å².